The lowest BCUT2D eigenvalue weighted by Gasteiger charge is -2.38. The Labute approximate surface area is 200 Å². The van der Waals surface area contributed by atoms with Crippen molar-refractivity contribution in [3.05, 3.63) is 59.9 Å². The second-order valence-corrected chi connectivity index (χ2v) is 9.92. The van der Waals surface area contributed by atoms with Crippen molar-refractivity contribution in [2.45, 2.75) is 39.3 Å². The predicted octanol–water partition coefficient (Wildman–Crippen LogP) is 4.62. The van der Waals surface area contributed by atoms with E-state index in [1.165, 1.54) is 6.07 Å². The van der Waals surface area contributed by atoms with Crippen LogP contribution in [0.2, 0.25) is 0 Å². The summed E-state index contributed by atoms with van der Waals surface area (Å²) < 4.78 is 19.7. The molecule has 182 valence electrons. The van der Waals surface area contributed by atoms with E-state index in [1.807, 2.05) is 51.1 Å². The van der Waals surface area contributed by atoms with Crippen molar-refractivity contribution in [3.63, 3.8) is 0 Å². The molecule has 2 heterocycles. The smallest absolute Gasteiger partial charge is 0.410 e. The SMILES string of the molecule is CC(C)(C)OC(=O)N1CC[C@H](CNC(=O)N2CCN(Cc3ccccc3F)c3ccccc32)C1. The lowest BCUT2D eigenvalue weighted by Crippen LogP contribution is -2.49. The average molecular weight is 469 g/mol. The number of hydrogen-bond acceptors (Lipinski definition) is 4. The van der Waals surface area contributed by atoms with Crippen LogP contribution < -0.4 is 15.1 Å². The van der Waals surface area contributed by atoms with Crippen LogP contribution in [0.15, 0.2) is 48.5 Å². The number of nitrogens with zero attached hydrogens (tertiary/aromatic N) is 3. The first-order valence-corrected chi connectivity index (χ1v) is 11.8. The number of benzene rings is 2. The molecule has 3 amide bonds. The molecule has 34 heavy (non-hydrogen) atoms. The van der Waals surface area contributed by atoms with Gasteiger partial charge in [0, 0.05) is 44.8 Å². The lowest BCUT2D eigenvalue weighted by atomic mass is 10.1. The number of rotatable bonds is 4. The third-order valence-corrected chi connectivity index (χ3v) is 6.15. The molecule has 2 aliphatic heterocycles. The van der Waals surface area contributed by atoms with Crippen molar-refractivity contribution in [1.29, 1.82) is 0 Å². The molecule has 1 fully saturated rings. The van der Waals surface area contributed by atoms with Crippen LogP contribution in [0.3, 0.4) is 0 Å². The Morgan fingerprint density at radius 3 is 2.47 bits per heavy atom. The number of anilines is 2. The minimum absolute atomic E-state index is 0.159. The Balaban J connectivity index is 1.35. The average Bonchev–Trinajstić information content (AvgIpc) is 3.27. The zero-order valence-corrected chi connectivity index (χ0v) is 20.1. The van der Waals surface area contributed by atoms with Gasteiger partial charge in [0.05, 0.1) is 11.4 Å². The summed E-state index contributed by atoms with van der Waals surface area (Å²) in [6.45, 7) is 8.82. The van der Waals surface area contributed by atoms with E-state index in [1.54, 1.807) is 21.9 Å². The third-order valence-electron chi connectivity index (χ3n) is 6.15. The van der Waals surface area contributed by atoms with E-state index in [2.05, 4.69) is 10.2 Å². The van der Waals surface area contributed by atoms with Gasteiger partial charge in [0.15, 0.2) is 0 Å². The van der Waals surface area contributed by atoms with Crippen LogP contribution in [-0.2, 0) is 11.3 Å². The van der Waals surface area contributed by atoms with Crippen molar-refractivity contribution in [2.24, 2.45) is 5.92 Å². The summed E-state index contributed by atoms with van der Waals surface area (Å²) in [4.78, 5) is 30.9. The minimum Gasteiger partial charge on any atom is -0.444 e. The number of fused-ring (bicyclic) bond motifs is 1. The van der Waals surface area contributed by atoms with E-state index in [0.717, 1.165) is 17.8 Å². The summed E-state index contributed by atoms with van der Waals surface area (Å²) in [6, 6.07) is 14.3. The number of urea groups is 1. The fraction of sp³-hybridized carbons (Fsp3) is 0.462. The topological polar surface area (TPSA) is 65.1 Å². The summed E-state index contributed by atoms with van der Waals surface area (Å²) >= 11 is 0. The maximum atomic E-state index is 14.2. The molecule has 0 saturated carbocycles. The first-order valence-electron chi connectivity index (χ1n) is 11.8. The quantitative estimate of drug-likeness (QED) is 0.711. The molecule has 1 N–H and O–H groups in total. The van der Waals surface area contributed by atoms with Gasteiger partial charge in [-0.15, -0.1) is 0 Å². The number of para-hydroxylation sites is 2. The molecule has 2 aliphatic rings. The maximum Gasteiger partial charge on any atom is 0.410 e. The highest BCUT2D eigenvalue weighted by Crippen LogP contribution is 2.34. The first kappa shape index (κ1) is 23.9. The normalized spacial score (nSPS) is 18.0. The summed E-state index contributed by atoms with van der Waals surface area (Å²) in [5.41, 5.74) is 1.82. The fourth-order valence-electron chi connectivity index (χ4n) is 4.45. The molecule has 1 saturated heterocycles. The van der Waals surface area contributed by atoms with Gasteiger partial charge in [-0.3, -0.25) is 4.90 Å². The van der Waals surface area contributed by atoms with Gasteiger partial charge in [-0.05, 0) is 51.3 Å². The van der Waals surface area contributed by atoms with Gasteiger partial charge in [-0.2, -0.15) is 0 Å². The molecule has 0 unspecified atom stereocenters. The van der Waals surface area contributed by atoms with Crippen LogP contribution in [0.5, 0.6) is 0 Å². The van der Waals surface area contributed by atoms with Crippen molar-refractivity contribution >= 4 is 23.5 Å². The molecule has 8 heteroatoms. The molecule has 0 aromatic heterocycles. The van der Waals surface area contributed by atoms with E-state index in [4.69, 9.17) is 4.74 Å². The van der Waals surface area contributed by atoms with Crippen molar-refractivity contribution in [1.82, 2.24) is 10.2 Å². The summed E-state index contributed by atoms with van der Waals surface area (Å²) in [5.74, 6) is -0.0359. The van der Waals surface area contributed by atoms with E-state index in [9.17, 15) is 14.0 Å². The zero-order valence-electron chi connectivity index (χ0n) is 20.1. The fourth-order valence-corrected chi connectivity index (χ4v) is 4.45. The Hall–Kier alpha value is -3.29. The number of likely N-dealkylation sites (tertiary alicyclic amines) is 1. The summed E-state index contributed by atoms with van der Waals surface area (Å²) in [7, 11) is 0. The number of carbonyl (C=O) groups excluding carboxylic acids is 2. The maximum absolute atomic E-state index is 14.2. The van der Waals surface area contributed by atoms with Gasteiger partial charge >= 0.3 is 12.1 Å². The molecular formula is C26H33FN4O3. The number of halogens is 1. The molecule has 0 bridgehead atoms. The summed E-state index contributed by atoms with van der Waals surface area (Å²) in [6.07, 6.45) is 0.522. The van der Waals surface area contributed by atoms with Gasteiger partial charge in [-0.1, -0.05) is 30.3 Å². The van der Waals surface area contributed by atoms with Crippen molar-refractivity contribution in [3.8, 4) is 0 Å². The van der Waals surface area contributed by atoms with Gasteiger partial charge in [-0.25, -0.2) is 14.0 Å². The Morgan fingerprint density at radius 1 is 1.03 bits per heavy atom. The largest absolute Gasteiger partial charge is 0.444 e. The van der Waals surface area contributed by atoms with E-state index >= 15 is 0 Å². The first-order chi connectivity index (χ1) is 16.2. The Kier molecular flexibility index (Phi) is 6.95. The Morgan fingerprint density at radius 2 is 1.74 bits per heavy atom. The highest BCUT2D eigenvalue weighted by atomic mass is 19.1. The molecule has 0 radical (unpaired) electrons. The van der Waals surface area contributed by atoms with Gasteiger partial charge < -0.3 is 19.9 Å². The van der Waals surface area contributed by atoms with Crippen LogP contribution in [0, 0.1) is 11.7 Å². The molecule has 2 aromatic rings. The number of ether oxygens (including phenoxy) is 1. The van der Waals surface area contributed by atoms with Crippen molar-refractivity contribution < 1.29 is 18.7 Å². The number of nitrogens with one attached hydrogen (secondary N) is 1. The van der Waals surface area contributed by atoms with E-state index < -0.39 is 5.60 Å². The Bertz CT molecular complexity index is 1040. The minimum atomic E-state index is -0.523. The van der Waals surface area contributed by atoms with Crippen molar-refractivity contribution in [2.75, 3.05) is 42.5 Å². The molecule has 2 aromatic carbocycles. The molecular weight excluding hydrogens is 435 g/mol. The number of carbonyl (C=O) groups is 2. The molecule has 0 aliphatic carbocycles. The lowest BCUT2D eigenvalue weighted by molar-refractivity contribution is 0.0288. The van der Waals surface area contributed by atoms with Crippen LogP contribution in [0.4, 0.5) is 25.4 Å². The molecule has 1 atom stereocenters. The van der Waals surface area contributed by atoms with Crippen LogP contribution in [0.1, 0.15) is 32.8 Å². The highest BCUT2D eigenvalue weighted by molar-refractivity contribution is 5.96. The molecule has 4 rings (SSSR count). The summed E-state index contributed by atoms with van der Waals surface area (Å²) in [5, 5.41) is 3.05. The second-order valence-electron chi connectivity index (χ2n) is 9.92. The van der Waals surface area contributed by atoms with Gasteiger partial charge in [0.2, 0.25) is 0 Å². The van der Waals surface area contributed by atoms with Crippen LogP contribution in [0.25, 0.3) is 0 Å². The molecule has 7 nitrogen and oxygen atoms in total. The standard InChI is InChI=1S/C26H33FN4O3/c1-26(2,3)34-25(33)30-13-12-19(17-30)16-28-24(32)31-15-14-29(22-10-6-7-11-23(22)31)18-20-8-4-5-9-21(20)27/h4-11,19H,12-18H2,1-3H3,(H,28,32)/t19-/m1/s1. The van der Waals surface area contributed by atoms with Gasteiger partial charge in [0.1, 0.15) is 11.4 Å². The number of amides is 3. The van der Waals surface area contributed by atoms with Crippen LogP contribution in [-0.4, -0.2) is 55.3 Å². The monoisotopic (exact) mass is 468 g/mol. The van der Waals surface area contributed by atoms with Crippen LogP contribution >= 0.6 is 0 Å². The number of hydrogen-bond donors (Lipinski definition) is 1. The zero-order chi connectivity index (χ0) is 24.3. The van der Waals surface area contributed by atoms with Gasteiger partial charge in [0.25, 0.3) is 0 Å². The highest BCUT2D eigenvalue weighted by Gasteiger charge is 2.31. The van der Waals surface area contributed by atoms with E-state index in [0.29, 0.717) is 44.8 Å². The third kappa shape index (κ3) is 5.61. The van der Waals surface area contributed by atoms with E-state index in [-0.39, 0.29) is 23.9 Å². The predicted molar refractivity (Wildman–Crippen MR) is 131 cm³/mol. The molecule has 0 spiro atoms. The second kappa shape index (κ2) is 9.91.